The summed E-state index contributed by atoms with van der Waals surface area (Å²) in [6, 6.07) is 10.4. The summed E-state index contributed by atoms with van der Waals surface area (Å²) in [4.78, 5) is 27.2. The molecule has 1 amide bonds. The van der Waals surface area contributed by atoms with Crippen LogP contribution in [0.2, 0.25) is 0 Å². The number of hydrogen-bond donors (Lipinski definition) is 2. The van der Waals surface area contributed by atoms with Crippen molar-refractivity contribution in [1.82, 2.24) is 4.90 Å². The van der Waals surface area contributed by atoms with Gasteiger partial charge in [-0.05, 0) is 55.8 Å². The topological polar surface area (TPSA) is 106 Å². The Hall–Kier alpha value is -3.52. The van der Waals surface area contributed by atoms with E-state index in [9.17, 15) is 19.8 Å². The van der Waals surface area contributed by atoms with Gasteiger partial charge in [0.25, 0.3) is 11.7 Å². The first-order valence-electron chi connectivity index (χ1n) is 10.4. The molecular formula is C24H27NO7. The molecule has 1 atom stereocenters. The summed E-state index contributed by atoms with van der Waals surface area (Å²) < 4.78 is 16.0. The molecule has 8 nitrogen and oxygen atoms in total. The van der Waals surface area contributed by atoms with Crippen molar-refractivity contribution in [3.8, 4) is 17.2 Å². The highest BCUT2D eigenvalue weighted by Gasteiger charge is 2.46. The van der Waals surface area contributed by atoms with Crippen molar-refractivity contribution < 1.29 is 34.0 Å². The number of nitrogens with zero attached hydrogens (tertiary/aromatic N) is 1. The van der Waals surface area contributed by atoms with Gasteiger partial charge >= 0.3 is 0 Å². The number of ether oxygens (including phenoxy) is 3. The molecule has 0 spiro atoms. The highest BCUT2D eigenvalue weighted by atomic mass is 16.5. The van der Waals surface area contributed by atoms with Crippen molar-refractivity contribution >= 4 is 17.4 Å². The second kappa shape index (κ2) is 10.2. The third-order valence-corrected chi connectivity index (χ3v) is 5.11. The Morgan fingerprint density at radius 3 is 2.34 bits per heavy atom. The number of Topliss-reactive ketones (excluding diaryl/α,β-unsaturated/α-hetero) is 1. The highest BCUT2D eigenvalue weighted by Crippen LogP contribution is 2.41. The van der Waals surface area contributed by atoms with E-state index in [1.807, 2.05) is 6.92 Å². The molecule has 1 aliphatic rings. The molecule has 0 bridgehead atoms. The first kappa shape index (κ1) is 23.1. The molecule has 0 radical (unpaired) electrons. The zero-order valence-corrected chi connectivity index (χ0v) is 18.3. The largest absolute Gasteiger partial charge is 0.507 e. The van der Waals surface area contributed by atoms with E-state index >= 15 is 0 Å². The number of hydrogen-bond acceptors (Lipinski definition) is 7. The van der Waals surface area contributed by atoms with Crippen LogP contribution in [0.25, 0.3) is 5.76 Å². The van der Waals surface area contributed by atoms with Gasteiger partial charge in [0, 0.05) is 19.2 Å². The smallest absolute Gasteiger partial charge is 0.295 e. The molecule has 1 aliphatic heterocycles. The quantitative estimate of drug-likeness (QED) is 0.350. The number of aromatic hydroxyl groups is 1. The zero-order valence-electron chi connectivity index (χ0n) is 18.3. The minimum absolute atomic E-state index is 0.0385. The molecule has 32 heavy (non-hydrogen) atoms. The van der Waals surface area contributed by atoms with E-state index in [-0.39, 0.29) is 36.0 Å². The second-order valence-electron chi connectivity index (χ2n) is 7.10. The number of methoxy groups -OCH3 is 1. The number of benzene rings is 2. The number of carbonyl (C=O) groups is 2. The molecule has 2 N–H and O–H groups in total. The van der Waals surface area contributed by atoms with Gasteiger partial charge in [-0.25, -0.2) is 0 Å². The van der Waals surface area contributed by atoms with E-state index in [1.165, 1.54) is 18.1 Å². The van der Waals surface area contributed by atoms with Crippen LogP contribution in [0.3, 0.4) is 0 Å². The van der Waals surface area contributed by atoms with E-state index in [4.69, 9.17) is 14.2 Å². The minimum Gasteiger partial charge on any atom is -0.507 e. The van der Waals surface area contributed by atoms with Gasteiger partial charge in [-0.15, -0.1) is 0 Å². The van der Waals surface area contributed by atoms with Crippen molar-refractivity contribution in [1.29, 1.82) is 0 Å². The van der Waals surface area contributed by atoms with Gasteiger partial charge in [0.1, 0.15) is 11.5 Å². The van der Waals surface area contributed by atoms with Gasteiger partial charge in [0.2, 0.25) is 0 Å². The van der Waals surface area contributed by atoms with Crippen LogP contribution in [0.4, 0.5) is 0 Å². The number of phenolic OH excluding ortho intramolecular Hbond substituents is 1. The van der Waals surface area contributed by atoms with Crippen LogP contribution in [0.5, 0.6) is 17.2 Å². The fraction of sp³-hybridized carbons (Fsp3) is 0.333. The van der Waals surface area contributed by atoms with Crippen molar-refractivity contribution in [2.75, 3.05) is 33.5 Å². The fourth-order valence-electron chi connectivity index (χ4n) is 3.65. The predicted octanol–water partition coefficient (Wildman–Crippen LogP) is 3.26. The van der Waals surface area contributed by atoms with Crippen molar-refractivity contribution in [2.45, 2.75) is 19.9 Å². The third-order valence-electron chi connectivity index (χ3n) is 5.11. The molecule has 1 unspecified atom stereocenters. The number of amides is 1. The molecule has 1 fully saturated rings. The Labute approximate surface area is 186 Å². The fourth-order valence-corrected chi connectivity index (χ4v) is 3.65. The molecule has 0 saturated carbocycles. The molecule has 1 saturated heterocycles. The van der Waals surface area contributed by atoms with Crippen LogP contribution >= 0.6 is 0 Å². The second-order valence-corrected chi connectivity index (χ2v) is 7.10. The van der Waals surface area contributed by atoms with Crippen molar-refractivity contribution in [3.63, 3.8) is 0 Å². The number of aliphatic hydroxyl groups excluding tert-OH is 1. The Balaban J connectivity index is 2.13. The third kappa shape index (κ3) is 4.55. The van der Waals surface area contributed by atoms with Crippen LogP contribution in [-0.2, 0) is 14.3 Å². The maximum absolute atomic E-state index is 13.0. The molecule has 0 aliphatic carbocycles. The molecule has 2 aromatic carbocycles. The lowest BCUT2D eigenvalue weighted by Gasteiger charge is -2.25. The Bertz CT molecular complexity index is 1010. The van der Waals surface area contributed by atoms with Gasteiger partial charge in [-0.2, -0.15) is 0 Å². The molecule has 170 valence electrons. The molecule has 3 rings (SSSR count). The molecule has 2 aromatic rings. The summed E-state index contributed by atoms with van der Waals surface area (Å²) in [5.41, 5.74) is 0.865. The summed E-state index contributed by atoms with van der Waals surface area (Å²) in [5, 5.41) is 21.1. The lowest BCUT2D eigenvalue weighted by atomic mass is 9.95. The average molecular weight is 441 g/mol. The molecule has 1 heterocycles. The SMILES string of the molecule is CCOc1ccc(/C(O)=C2/C(=O)C(=O)N(CCOC)C2c2ccc(O)c(OCC)c2)cc1. The van der Waals surface area contributed by atoms with Crippen LogP contribution in [0.15, 0.2) is 48.0 Å². The van der Waals surface area contributed by atoms with E-state index in [0.717, 1.165) is 0 Å². The van der Waals surface area contributed by atoms with Crippen molar-refractivity contribution in [3.05, 3.63) is 59.2 Å². The lowest BCUT2D eigenvalue weighted by Crippen LogP contribution is -2.32. The summed E-state index contributed by atoms with van der Waals surface area (Å²) in [6.07, 6.45) is 0. The number of aliphatic hydroxyl groups is 1. The van der Waals surface area contributed by atoms with Gasteiger partial charge in [-0.3, -0.25) is 9.59 Å². The average Bonchev–Trinajstić information content (AvgIpc) is 3.04. The molecular weight excluding hydrogens is 414 g/mol. The van der Waals surface area contributed by atoms with Crippen LogP contribution < -0.4 is 9.47 Å². The van der Waals surface area contributed by atoms with E-state index in [0.29, 0.717) is 30.1 Å². The summed E-state index contributed by atoms with van der Waals surface area (Å²) in [6.45, 7) is 4.83. The van der Waals surface area contributed by atoms with Crippen LogP contribution in [-0.4, -0.2) is 60.3 Å². The van der Waals surface area contributed by atoms with E-state index in [2.05, 4.69) is 0 Å². The Morgan fingerprint density at radius 1 is 1.03 bits per heavy atom. The molecule has 8 heteroatoms. The minimum atomic E-state index is -0.864. The van der Waals surface area contributed by atoms with Crippen LogP contribution in [0.1, 0.15) is 31.0 Å². The van der Waals surface area contributed by atoms with Gasteiger partial charge in [0.15, 0.2) is 11.5 Å². The first-order chi connectivity index (χ1) is 15.4. The maximum Gasteiger partial charge on any atom is 0.295 e. The normalized spacial score (nSPS) is 17.6. The number of ketones is 1. The van der Waals surface area contributed by atoms with Crippen LogP contribution in [0, 0.1) is 0 Å². The van der Waals surface area contributed by atoms with Gasteiger partial charge in [-0.1, -0.05) is 6.07 Å². The number of phenols is 1. The number of rotatable bonds is 9. The standard InChI is InChI=1S/C24H27NO7/c1-4-31-17-9-6-15(7-10-17)22(27)20-21(25(12-13-30-3)24(29)23(20)28)16-8-11-18(26)19(14-16)32-5-2/h6-11,14,21,26-27H,4-5,12-13H2,1-3H3/b22-20-. The van der Waals surface area contributed by atoms with E-state index < -0.39 is 17.7 Å². The highest BCUT2D eigenvalue weighted by molar-refractivity contribution is 6.46. The summed E-state index contributed by atoms with van der Waals surface area (Å²) in [7, 11) is 1.50. The zero-order chi connectivity index (χ0) is 23.3. The lowest BCUT2D eigenvalue weighted by molar-refractivity contribution is -0.140. The maximum atomic E-state index is 13.0. The number of carbonyl (C=O) groups excluding carboxylic acids is 2. The Kier molecular flexibility index (Phi) is 7.37. The summed E-state index contributed by atoms with van der Waals surface area (Å²) >= 11 is 0. The van der Waals surface area contributed by atoms with E-state index in [1.54, 1.807) is 43.3 Å². The monoisotopic (exact) mass is 441 g/mol. The predicted molar refractivity (Wildman–Crippen MR) is 118 cm³/mol. The van der Waals surface area contributed by atoms with Gasteiger partial charge < -0.3 is 29.3 Å². The summed E-state index contributed by atoms with van der Waals surface area (Å²) in [5.74, 6) is -1.02. The van der Waals surface area contributed by atoms with Gasteiger partial charge in [0.05, 0.1) is 31.4 Å². The first-order valence-corrected chi connectivity index (χ1v) is 10.4. The van der Waals surface area contributed by atoms with Crippen molar-refractivity contribution in [2.24, 2.45) is 0 Å². The molecule has 0 aromatic heterocycles. The number of likely N-dealkylation sites (tertiary alicyclic amines) is 1. The Morgan fingerprint density at radius 2 is 1.72 bits per heavy atom.